The summed E-state index contributed by atoms with van der Waals surface area (Å²) >= 11 is 0. The highest BCUT2D eigenvalue weighted by Gasteiger charge is 2.12. The van der Waals surface area contributed by atoms with Gasteiger partial charge >= 0.3 is 0 Å². The summed E-state index contributed by atoms with van der Waals surface area (Å²) in [7, 11) is -0.242. The predicted molar refractivity (Wildman–Crippen MR) is 92.0 cm³/mol. The average Bonchev–Trinajstić information content (AvgIpc) is 2.55. The molecule has 23 heavy (non-hydrogen) atoms. The second-order valence-electron chi connectivity index (χ2n) is 4.89. The minimum atomic E-state index is -3.48. The molecule has 1 aromatic carbocycles. The number of nitrogens with one attached hydrogen (secondary N) is 3. The Balaban J connectivity index is 2.59. The van der Waals surface area contributed by atoms with Gasteiger partial charge in [0, 0.05) is 33.8 Å². The molecule has 3 N–H and O–H groups in total. The molecule has 0 amide bonds. The maximum Gasteiger partial charge on any atom is 0.240 e. The van der Waals surface area contributed by atoms with Gasteiger partial charge in [-0.25, -0.2) is 13.1 Å². The van der Waals surface area contributed by atoms with Crippen LogP contribution in [0.5, 0.6) is 0 Å². The van der Waals surface area contributed by atoms with Gasteiger partial charge in [-0.3, -0.25) is 4.99 Å². The van der Waals surface area contributed by atoms with Gasteiger partial charge < -0.3 is 15.4 Å². The molecule has 0 radical (unpaired) electrons. The van der Waals surface area contributed by atoms with Gasteiger partial charge in [0.2, 0.25) is 10.0 Å². The lowest BCUT2D eigenvalue weighted by molar-refractivity contribution is 0.204. The standard InChI is InChI=1S/C15H26N4O3S/c1-4-9-17-15(16-2)18-12-13-5-7-14(8-6-13)23(20,21)19-10-11-22-3/h5-8,19H,4,9-12H2,1-3H3,(H2,16,17,18). The van der Waals surface area contributed by atoms with E-state index in [1.165, 1.54) is 7.11 Å². The number of ether oxygens (including phenoxy) is 1. The molecule has 0 fully saturated rings. The fourth-order valence-corrected chi connectivity index (χ4v) is 2.81. The fraction of sp³-hybridized carbons (Fsp3) is 0.533. The van der Waals surface area contributed by atoms with Gasteiger partial charge in [-0.15, -0.1) is 0 Å². The minimum absolute atomic E-state index is 0.242. The van der Waals surface area contributed by atoms with E-state index >= 15 is 0 Å². The Morgan fingerprint density at radius 2 is 1.87 bits per heavy atom. The van der Waals surface area contributed by atoms with Gasteiger partial charge in [-0.1, -0.05) is 19.1 Å². The first-order valence-corrected chi connectivity index (χ1v) is 9.04. The Kier molecular flexibility index (Phi) is 8.60. The predicted octanol–water partition coefficient (Wildman–Crippen LogP) is 0.686. The zero-order chi connectivity index (χ0) is 17.1. The molecule has 8 heteroatoms. The summed E-state index contributed by atoms with van der Waals surface area (Å²) < 4.78 is 31.4. The summed E-state index contributed by atoms with van der Waals surface area (Å²) in [5.41, 5.74) is 0.972. The quantitative estimate of drug-likeness (QED) is 0.349. The van der Waals surface area contributed by atoms with Crippen LogP contribution in [-0.2, 0) is 21.3 Å². The van der Waals surface area contributed by atoms with Gasteiger partial charge in [0.05, 0.1) is 11.5 Å². The highest BCUT2D eigenvalue weighted by Crippen LogP contribution is 2.10. The third-order valence-electron chi connectivity index (χ3n) is 3.06. The van der Waals surface area contributed by atoms with Crippen molar-refractivity contribution >= 4 is 16.0 Å². The van der Waals surface area contributed by atoms with E-state index in [2.05, 4.69) is 27.3 Å². The molecule has 0 heterocycles. The van der Waals surface area contributed by atoms with E-state index in [1.54, 1.807) is 31.3 Å². The van der Waals surface area contributed by atoms with E-state index in [4.69, 9.17) is 4.74 Å². The molecule has 0 spiro atoms. The zero-order valence-corrected chi connectivity index (χ0v) is 14.7. The molecule has 0 bridgehead atoms. The molecule has 1 rings (SSSR count). The molecular formula is C15H26N4O3S. The number of nitrogens with zero attached hydrogens (tertiary/aromatic N) is 1. The van der Waals surface area contributed by atoms with Crippen molar-refractivity contribution in [1.82, 2.24) is 15.4 Å². The third-order valence-corrected chi connectivity index (χ3v) is 4.53. The van der Waals surface area contributed by atoms with Gasteiger partial charge in [0.25, 0.3) is 0 Å². The Morgan fingerprint density at radius 1 is 1.17 bits per heavy atom. The Labute approximate surface area is 138 Å². The lowest BCUT2D eigenvalue weighted by atomic mass is 10.2. The molecular weight excluding hydrogens is 316 g/mol. The van der Waals surface area contributed by atoms with Gasteiger partial charge in [0.15, 0.2) is 5.96 Å². The normalized spacial score (nSPS) is 12.2. The maximum atomic E-state index is 12.0. The van der Waals surface area contributed by atoms with Gasteiger partial charge in [-0.2, -0.15) is 0 Å². The number of hydrogen-bond donors (Lipinski definition) is 3. The number of sulfonamides is 1. The number of hydrogen-bond acceptors (Lipinski definition) is 4. The fourth-order valence-electron chi connectivity index (χ4n) is 1.80. The van der Waals surface area contributed by atoms with Crippen LogP contribution < -0.4 is 15.4 Å². The second-order valence-corrected chi connectivity index (χ2v) is 6.65. The highest BCUT2D eigenvalue weighted by molar-refractivity contribution is 7.89. The van der Waals surface area contributed by atoms with Crippen LogP contribution >= 0.6 is 0 Å². The Bertz CT molecular complexity index is 585. The van der Waals surface area contributed by atoms with Crippen LogP contribution in [0.2, 0.25) is 0 Å². The Morgan fingerprint density at radius 3 is 2.43 bits per heavy atom. The summed E-state index contributed by atoms with van der Waals surface area (Å²) in [6, 6.07) is 6.75. The number of methoxy groups -OCH3 is 1. The first-order valence-electron chi connectivity index (χ1n) is 7.55. The highest BCUT2D eigenvalue weighted by atomic mass is 32.2. The first kappa shape index (κ1) is 19.4. The third kappa shape index (κ3) is 6.98. The minimum Gasteiger partial charge on any atom is -0.383 e. The summed E-state index contributed by atoms with van der Waals surface area (Å²) in [5, 5.41) is 6.35. The van der Waals surface area contributed by atoms with Crippen molar-refractivity contribution in [3.63, 3.8) is 0 Å². The zero-order valence-electron chi connectivity index (χ0n) is 13.9. The first-order chi connectivity index (χ1) is 11.0. The number of aliphatic imine (C=N–C) groups is 1. The second kappa shape index (κ2) is 10.2. The van der Waals surface area contributed by atoms with E-state index in [1.807, 2.05) is 0 Å². The topological polar surface area (TPSA) is 91.8 Å². The van der Waals surface area contributed by atoms with E-state index in [0.29, 0.717) is 13.2 Å². The van der Waals surface area contributed by atoms with Crippen LogP contribution in [0, 0.1) is 0 Å². The van der Waals surface area contributed by atoms with Crippen molar-refractivity contribution < 1.29 is 13.2 Å². The van der Waals surface area contributed by atoms with E-state index < -0.39 is 10.0 Å². The SMILES string of the molecule is CCCNC(=NC)NCc1ccc(S(=O)(=O)NCCOC)cc1. The number of rotatable bonds is 9. The molecule has 7 nitrogen and oxygen atoms in total. The van der Waals surface area contributed by atoms with Crippen molar-refractivity contribution in [2.75, 3.05) is 33.9 Å². The summed E-state index contributed by atoms with van der Waals surface area (Å²) in [6.07, 6.45) is 1.02. The molecule has 0 aliphatic heterocycles. The molecule has 0 saturated heterocycles. The van der Waals surface area contributed by atoms with Crippen LogP contribution in [0.1, 0.15) is 18.9 Å². The van der Waals surface area contributed by atoms with Gasteiger partial charge in [0.1, 0.15) is 0 Å². The van der Waals surface area contributed by atoms with E-state index in [0.717, 1.165) is 24.5 Å². The van der Waals surface area contributed by atoms with Crippen LogP contribution in [-0.4, -0.2) is 48.2 Å². The number of benzene rings is 1. The molecule has 0 aliphatic rings. The molecule has 0 aliphatic carbocycles. The van der Waals surface area contributed by atoms with Crippen molar-refractivity contribution in [3.8, 4) is 0 Å². The van der Waals surface area contributed by atoms with Crippen LogP contribution in [0.3, 0.4) is 0 Å². The van der Waals surface area contributed by atoms with Crippen molar-refractivity contribution in [2.45, 2.75) is 24.8 Å². The summed E-state index contributed by atoms with van der Waals surface area (Å²) in [6.45, 7) is 4.09. The van der Waals surface area contributed by atoms with E-state index in [9.17, 15) is 8.42 Å². The molecule has 0 unspecified atom stereocenters. The molecule has 0 saturated carbocycles. The summed E-state index contributed by atoms with van der Waals surface area (Å²) in [5.74, 6) is 0.727. The maximum absolute atomic E-state index is 12.0. The average molecular weight is 342 g/mol. The summed E-state index contributed by atoms with van der Waals surface area (Å²) in [4.78, 5) is 4.36. The van der Waals surface area contributed by atoms with Crippen molar-refractivity contribution in [1.29, 1.82) is 0 Å². The van der Waals surface area contributed by atoms with E-state index in [-0.39, 0.29) is 11.4 Å². The monoisotopic (exact) mass is 342 g/mol. The van der Waals surface area contributed by atoms with Crippen LogP contribution in [0.15, 0.2) is 34.2 Å². The smallest absolute Gasteiger partial charge is 0.240 e. The van der Waals surface area contributed by atoms with Gasteiger partial charge in [-0.05, 0) is 24.1 Å². The van der Waals surface area contributed by atoms with Crippen LogP contribution in [0.25, 0.3) is 0 Å². The lowest BCUT2D eigenvalue weighted by Crippen LogP contribution is -2.37. The largest absolute Gasteiger partial charge is 0.383 e. The Hall–Kier alpha value is -1.64. The molecule has 0 atom stereocenters. The lowest BCUT2D eigenvalue weighted by Gasteiger charge is -2.11. The number of guanidine groups is 1. The molecule has 1 aromatic rings. The van der Waals surface area contributed by atoms with Crippen molar-refractivity contribution in [3.05, 3.63) is 29.8 Å². The van der Waals surface area contributed by atoms with Crippen molar-refractivity contribution in [2.24, 2.45) is 4.99 Å². The van der Waals surface area contributed by atoms with Crippen LogP contribution in [0.4, 0.5) is 0 Å². The molecule has 130 valence electrons. The molecule has 0 aromatic heterocycles.